The Morgan fingerprint density at radius 2 is 2.20 bits per heavy atom. The largest absolute Gasteiger partial charge is 0.410 e. The molecule has 0 saturated heterocycles. The summed E-state index contributed by atoms with van der Waals surface area (Å²) in [7, 11) is 0. The number of hydrogen-bond acceptors (Lipinski definition) is 3. The highest BCUT2D eigenvalue weighted by molar-refractivity contribution is 5.85. The lowest BCUT2D eigenvalue weighted by Crippen LogP contribution is -2.01. The Balaban J connectivity index is 0.000000810. The molecule has 0 spiro atoms. The summed E-state index contributed by atoms with van der Waals surface area (Å²) < 4.78 is 12.2. The summed E-state index contributed by atoms with van der Waals surface area (Å²) in [5.74, 6) is 4.47. The maximum absolute atomic E-state index is 12.2. The first-order valence-corrected chi connectivity index (χ1v) is 2.30. The van der Waals surface area contributed by atoms with Crippen LogP contribution in [0.5, 0.6) is 5.75 Å². The van der Waals surface area contributed by atoms with Crippen molar-refractivity contribution >= 4 is 12.4 Å². The van der Waals surface area contributed by atoms with E-state index in [4.69, 9.17) is 5.90 Å². The van der Waals surface area contributed by atoms with Gasteiger partial charge in [-0.3, -0.25) is 4.98 Å². The predicted octanol–water partition coefficient (Wildman–Crippen LogP) is 0.895. The standard InChI is InChI=1S/C5H5FN2O.ClH/c6-4-1-5(9-7)3-8-2-4;/h1-3H,7H2;1H. The van der Waals surface area contributed by atoms with Crippen molar-refractivity contribution in [2.75, 3.05) is 0 Å². The van der Waals surface area contributed by atoms with Crippen LogP contribution in [0.3, 0.4) is 0 Å². The highest BCUT2D eigenvalue weighted by Gasteiger charge is 1.92. The zero-order valence-electron chi connectivity index (χ0n) is 4.95. The second kappa shape index (κ2) is 4.03. The fraction of sp³-hybridized carbons (Fsp3) is 0. The van der Waals surface area contributed by atoms with E-state index in [1.54, 1.807) is 0 Å². The van der Waals surface area contributed by atoms with E-state index in [0.29, 0.717) is 0 Å². The molecule has 0 fully saturated rings. The number of pyridine rings is 1. The number of nitrogens with two attached hydrogens (primary N) is 1. The molecule has 0 aliphatic heterocycles. The minimum Gasteiger partial charge on any atom is -0.410 e. The third-order valence-electron chi connectivity index (χ3n) is 0.816. The van der Waals surface area contributed by atoms with Crippen LogP contribution in [-0.4, -0.2) is 4.98 Å². The molecule has 0 saturated carbocycles. The minimum absolute atomic E-state index is 0. The van der Waals surface area contributed by atoms with E-state index in [9.17, 15) is 4.39 Å². The summed E-state index contributed by atoms with van der Waals surface area (Å²) in [6.07, 6.45) is 2.39. The minimum atomic E-state index is -0.460. The maximum atomic E-state index is 12.2. The summed E-state index contributed by atoms with van der Waals surface area (Å²) >= 11 is 0. The molecule has 0 atom stereocenters. The van der Waals surface area contributed by atoms with Gasteiger partial charge in [0, 0.05) is 6.07 Å². The lowest BCUT2D eigenvalue weighted by Gasteiger charge is -1.94. The normalized spacial score (nSPS) is 8.20. The second-order valence-corrected chi connectivity index (χ2v) is 1.46. The van der Waals surface area contributed by atoms with Crippen LogP contribution in [0.15, 0.2) is 18.5 Å². The summed E-state index contributed by atoms with van der Waals surface area (Å²) in [6, 6.07) is 1.15. The highest BCUT2D eigenvalue weighted by Crippen LogP contribution is 2.06. The van der Waals surface area contributed by atoms with Gasteiger partial charge in [0.25, 0.3) is 0 Å². The van der Waals surface area contributed by atoms with Crippen LogP contribution in [0.25, 0.3) is 0 Å². The topological polar surface area (TPSA) is 48.1 Å². The smallest absolute Gasteiger partial charge is 0.168 e. The number of nitrogens with zero attached hydrogens (tertiary/aromatic N) is 1. The Bertz CT molecular complexity index is 209. The van der Waals surface area contributed by atoms with E-state index in [1.807, 2.05) is 0 Å². The van der Waals surface area contributed by atoms with Crippen LogP contribution >= 0.6 is 12.4 Å². The van der Waals surface area contributed by atoms with Crippen molar-refractivity contribution in [3.63, 3.8) is 0 Å². The van der Waals surface area contributed by atoms with Crippen molar-refractivity contribution in [2.45, 2.75) is 0 Å². The van der Waals surface area contributed by atoms with Crippen molar-refractivity contribution in [1.29, 1.82) is 0 Å². The van der Waals surface area contributed by atoms with E-state index in [2.05, 4.69) is 9.82 Å². The van der Waals surface area contributed by atoms with Crippen molar-refractivity contribution < 1.29 is 9.23 Å². The van der Waals surface area contributed by atoms with Gasteiger partial charge in [-0.05, 0) is 0 Å². The van der Waals surface area contributed by atoms with Gasteiger partial charge in [-0.25, -0.2) is 4.39 Å². The number of halogens is 2. The SMILES string of the molecule is Cl.NOc1cncc(F)c1. The van der Waals surface area contributed by atoms with E-state index in [0.717, 1.165) is 12.3 Å². The van der Waals surface area contributed by atoms with Gasteiger partial charge in [0.15, 0.2) is 5.75 Å². The Kier molecular flexibility index (Phi) is 3.68. The monoisotopic (exact) mass is 164 g/mol. The Morgan fingerprint density at radius 1 is 1.50 bits per heavy atom. The molecule has 5 heteroatoms. The van der Waals surface area contributed by atoms with Gasteiger partial charge in [0.1, 0.15) is 5.82 Å². The van der Waals surface area contributed by atoms with Gasteiger partial charge in [0.05, 0.1) is 12.4 Å². The Hall–Kier alpha value is -0.870. The van der Waals surface area contributed by atoms with Crippen molar-refractivity contribution in [3.8, 4) is 5.75 Å². The van der Waals surface area contributed by atoms with Crippen molar-refractivity contribution in [2.24, 2.45) is 5.90 Å². The fourth-order valence-electron chi connectivity index (χ4n) is 0.457. The summed E-state index contributed by atoms with van der Waals surface area (Å²) in [5.41, 5.74) is 0. The number of aromatic nitrogens is 1. The van der Waals surface area contributed by atoms with E-state index >= 15 is 0 Å². The van der Waals surface area contributed by atoms with E-state index < -0.39 is 5.82 Å². The summed E-state index contributed by atoms with van der Waals surface area (Å²) in [6.45, 7) is 0. The molecule has 0 unspecified atom stereocenters. The molecule has 1 heterocycles. The zero-order valence-corrected chi connectivity index (χ0v) is 5.77. The molecule has 0 amide bonds. The zero-order chi connectivity index (χ0) is 6.69. The summed E-state index contributed by atoms with van der Waals surface area (Å²) in [5, 5.41) is 0. The first-order chi connectivity index (χ1) is 4.33. The molecule has 0 radical (unpaired) electrons. The first-order valence-electron chi connectivity index (χ1n) is 2.30. The molecule has 0 aliphatic rings. The third kappa shape index (κ3) is 2.16. The van der Waals surface area contributed by atoms with Crippen LogP contribution in [0.2, 0.25) is 0 Å². The lowest BCUT2D eigenvalue weighted by molar-refractivity contribution is 0.331. The summed E-state index contributed by atoms with van der Waals surface area (Å²) in [4.78, 5) is 7.67. The molecule has 10 heavy (non-hydrogen) atoms. The van der Waals surface area contributed by atoms with Crippen LogP contribution in [0.1, 0.15) is 0 Å². The van der Waals surface area contributed by atoms with Crippen LogP contribution in [0, 0.1) is 5.82 Å². The van der Waals surface area contributed by atoms with E-state index in [-0.39, 0.29) is 18.2 Å². The molecule has 1 aromatic rings. The van der Waals surface area contributed by atoms with Crippen molar-refractivity contribution in [3.05, 3.63) is 24.3 Å². The molecule has 3 nitrogen and oxygen atoms in total. The Morgan fingerprint density at radius 3 is 2.60 bits per heavy atom. The van der Waals surface area contributed by atoms with Crippen LogP contribution in [0.4, 0.5) is 4.39 Å². The Labute approximate surface area is 63.4 Å². The fourth-order valence-corrected chi connectivity index (χ4v) is 0.457. The van der Waals surface area contributed by atoms with Gasteiger partial charge in [-0.1, -0.05) is 0 Å². The maximum Gasteiger partial charge on any atom is 0.168 e. The van der Waals surface area contributed by atoms with Crippen LogP contribution in [-0.2, 0) is 0 Å². The molecular weight excluding hydrogens is 159 g/mol. The molecule has 56 valence electrons. The second-order valence-electron chi connectivity index (χ2n) is 1.46. The van der Waals surface area contributed by atoms with Crippen molar-refractivity contribution in [1.82, 2.24) is 4.98 Å². The van der Waals surface area contributed by atoms with E-state index in [1.165, 1.54) is 6.20 Å². The molecule has 1 rings (SSSR count). The third-order valence-corrected chi connectivity index (χ3v) is 0.816. The first kappa shape index (κ1) is 9.13. The van der Waals surface area contributed by atoms with Gasteiger partial charge in [-0.15, -0.1) is 12.4 Å². The average Bonchev–Trinajstić information content (AvgIpc) is 1.88. The van der Waals surface area contributed by atoms with Gasteiger partial charge >= 0.3 is 0 Å². The quantitative estimate of drug-likeness (QED) is 0.628. The molecule has 0 aliphatic carbocycles. The van der Waals surface area contributed by atoms with Gasteiger partial charge < -0.3 is 4.84 Å². The average molecular weight is 165 g/mol. The predicted molar refractivity (Wildman–Crippen MR) is 36.3 cm³/mol. The number of rotatable bonds is 1. The lowest BCUT2D eigenvalue weighted by atomic mass is 10.4. The molecule has 1 aromatic heterocycles. The molecule has 0 bridgehead atoms. The highest BCUT2D eigenvalue weighted by atomic mass is 35.5. The molecular formula is C5H6ClFN2O. The van der Waals surface area contributed by atoms with Gasteiger partial charge in [-0.2, -0.15) is 5.90 Å². The molecule has 0 aromatic carbocycles. The number of hydrogen-bond donors (Lipinski definition) is 1. The van der Waals surface area contributed by atoms with Gasteiger partial charge in [0.2, 0.25) is 0 Å². The molecule has 2 N–H and O–H groups in total. The van der Waals surface area contributed by atoms with Crippen LogP contribution < -0.4 is 10.7 Å².